The summed E-state index contributed by atoms with van der Waals surface area (Å²) in [5.74, 6) is -0.572. The average Bonchev–Trinajstić information content (AvgIpc) is 2.95. The third-order valence-corrected chi connectivity index (χ3v) is 5.31. The molecule has 0 N–H and O–H groups in total. The summed E-state index contributed by atoms with van der Waals surface area (Å²) in [6.07, 6.45) is 0.747. The van der Waals surface area contributed by atoms with E-state index in [0.29, 0.717) is 28.6 Å². The van der Waals surface area contributed by atoms with E-state index < -0.39 is 6.04 Å². The first-order valence-electron chi connectivity index (χ1n) is 9.65. The van der Waals surface area contributed by atoms with Gasteiger partial charge in [-0.3, -0.25) is 9.59 Å². The number of hydrogen-bond acceptors (Lipinski definition) is 4. The van der Waals surface area contributed by atoms with E-state index >= 15 is 0 Å². The number of hydrogen-bond donors (Lipinski definition) is 0. The maximum absolute atomic E-state index is 13.5. The van der Waals surface area contributed by atoms with Crippen LogP contribution in [-0.2, 0) is 0 Å². The van der Waals surface area contributed by atoms with Crippen LogP contribution in [-0.4, -0.2) is 42.9 Å². The normalized spacial score (nSPS) is 16.1. The van der Waals surface area contributed by atoms with Gasteiger partial charge in [0.15, 0.2) is 5.43 Å². The maximum Gasteiger partial charge on any atom is 0.290 e. The summed E-state index contributed by atoms with van der Waals surface area (Å²) < 4.78 is 19.4. The van der Waals surface area contributed by atoms with Crippen molar-refractivity contribution in [2.45, 2.75) is 19.4 Å². The Bertz CT molecular complexity index is 1140. The third kappa shape index (κ3) is 3.44. The molecule has 1 amide bonds. The van der Waals surface area contributed by atoms with Crippen molar-refractivity contribution in [2.24, 2.45) is 0 Å². The fourth-order valence-corrected chi connectivity index (χ4v) is 3.91. The number of nitrogens with zero attached hydrogens (tertiary/aromatic N) is 2. The van der Waals surface area contributed by atoms with Gasteiger partial charge in [0.2, 0.25) is 5.76 Å². The van der Waals surface area contributed by atoms with Crippen LogP contribution in [0.25, 0.3) is 11.0 Å². The Morgan fingerprint density at radius 2 is 1.83 bits per heavy atom. The average molecular weight is 394 g/mol. The second-order valence-electron chi connectivity index (χ2n) is 7.78. The summed E-state index contributed by atoms with van der Waals surface area (Å²) in [5.41, 5.74) is 2.17. The van der Waals surface area contributed by atoms with Crippen molar-refractivity contribution in [1.29, 1.82) is 0 Å². The molecule has 0 bridgehead atoms. The Labute approximate surface area is 168 Å². The van der Waals surface area contributed by atoms with Crippen LogP contribution in [0.2, 0.25) is 0 Å². The van der Waals surface area contributed by atoms with Crippen molar-refractivity contribution >= 4 is 16.9 Å². The number of fused-ring (bicyclic) bond motifs is 2. The molecule has 1 unspecified atom stereocenters. The molecule has 0 saturated heterocycles. The number of rotatable bonds is 5. The van der Waals surface area contributed by atoms with E-state index in [4.69, 9.17) is 4.42 Å². The molecule has 2 aromatic carbocycles. The van der Waals surface area contributed by atoms with Gasteiger partial charge in [-0.1, -0.05) is 23.8 Å². The maximum atomic E-state index is 13.5. The van der Waals surface area contributed by atoms with Crippen molar-refractivity contribution in [3.05, 3.63) is 81.0 Å². The van der Waals surface area contributed by atoms with Crippen LogP contribution >= 0.6 is 0 Å². The van der Waals surface area contributed by atoms with Crippen LogP contribution in [0.3, 0.4) is 0 Å². The van der Waals surface area contributed by atoms with E-state index in [-0.39, 0.29) is 22.9 Å². The van der Waals surface area contributed by atoms with Gasteiger partial charge in [0.25, 0.3) is 5.91 Å². The second-order valence-corrected chi connectivity index (χ2v) is 7.78. The molecule has 29 heavy (non-hydrogen) atoms. The van der Waals surface area contributed by atoms with E-state index in [0.717, 1.165) is 18.5 Å². The van der Waals surface area contributed by atoms with Crippen LogP contribution in [0.1, 0.15) is 39.7 Å². The quantitative estimate of drug-likeness (QED) is 0.662. The van der Waals surface area contributed by atoms with Crippen LogP contribution in [0.4, 0.5) is 4.39 Å². The molecule has 1 atom stereocenters. The minimum atomic E-state index is -0.582. The van der Waals surface area contributed by atoms with Crippen molar-refractivity contribution < 1.29 is 13.6 Å². The lowest BCUT2D eigenvalue weighted by atomic mass is 9.98. The first kappa shape index (κ1) is 19.3. The smallest absolute Gasteiger partial charge is 0.290 e. The lowest BCUT2D eigenvalue weighted by Gasteiger charge is -2.25. The molecule has 1 aliphatic rings. The highest BCUT2D eigenvalue weighted by atomic mass is 19.1. The van der Waals surface area contributed by atoms with Gasteiger partial charge in [0, 0.05) is 6.54 Å². The molecule has 4 rings (SSSR count). The van der Waals surface area contributed by atoms with Crippen LogP contribution in [0, 0.1) is 12.7 Å². The topological polar surface area (TPSA) is 53.8 Å². The SMILES string of the molecule is Cc1ccc2oc3c(c(=O)c2c1)C(c1ccc(F)cc1)N(CCCN(C)C)C3=O. The molecule has 5 nitrogen and oxygen atoms in total. The molecule has 1 aromatic heterocycles. The fourth-order valence-electron chi connectivity index (χ4n) is 3.91. The Morgan fingerprint density at radius 3 is 2.52 bits per heavy atom. The number of carbonyl (C=O) groups is 1. The molecule has 0 saturated carbocycles. The van der Waals surface area contributed by atoms with Gasteiger partial charge in [-0.25, -0.2) is 4.39 Å². The molecule has 0 aliphatic carbocycles. The molecule has 6 heteroatoms. The monoisotopic (exact) mass is 394 g/mol. The minimum Gasteiger partial charge on any atom is -0.450 e. The lowest BCUT2D eigenvalue weighted by Crippen LogP contribution is -2.32. The number of carbonyl (C=O) groups excluding carboxylic acids is 1. The highest BCUT2D eigenvalue weighted by Gasteiger charge is 2.42. The summed E-state index contributed by atoms with van der Waals surface area (Å²) in [6, 6.07) is 10.7. The molecule has 3 aromatic rings. The lowest BCUT2D eigenvalue weighted by molar-refractivity contribution is 0.0722. The van der Waals surface area contributed by atoms with Crippen LogP contribution in [0.5, 0.6) is 0 Å². The zero-order valence-corrected chi connectivity index (χ0v) is 16.7. The first-order valence-corrected chi connectivity index (χ1v) is 9.65. The van der Waals surface area contributed by atoms with Gasteiger partial charge < -0.3 is 14.2 Å². The Hall–Kier alpha value is -2.99. The van der Waals surface area contributed by atoms with E-state index in [2.05, 4.69) is 0 Å². The molecular weight excluding hydrogens is 371 g/mol. The summed E-state index contributed by atoms with van der Waals surface area (Å²) in [7, 11) is 3.94. The number of aryl methyl sites for hydroxylation is 1. The van der Waals surface area contributed by atoms with E-state index in [1.807, 2.05) is 32.0 Å². The number of halogens is 1. The summed E-state index contributed by atoms with van der Waals surface area (Å²) >= 11 is 0. The van der Waals surface area contributed by atoms with E-state index in [1.54, 1.807) is 29.2 Å². The molecule has 150 valence electrons. The van der Waals surface area contributed by atoms with Crippen molar-refractivity contribution in [1.82, 2.24) is 9.80 Å². The largest absolute Gasteiger partial charge is 0.450 e. The molecule has 1 aliphatic heterocycles. The standard InChI is InChI=1S/C23H23FN2O3/c1-14-5-10-18-17(13-14)21(27)19-20(15-6-8-16(24)9-7-15)26(12-4-11-25(2)3)23(28)22(19)29-18/h5-10,13,20H,4,11-12H2,1-3H3. The Balaban J connectivity index is 1.88. The Morgan fingerprint density at radius 1 is 1.10 bits per heavy atom. The van der Waals surface area contributed by atoms with Crippen molar-refractivity contribution in [2.75, 3.05) is 27.2 Å². The van der Waals surface area contributed by atoms with Gasteiger partial charge in [-0.15, -0.1) is 0 Å². The van der Waals surface area contributed by atoms with Gasteiger partial charge in [0.1, 0.15) is 11.4 Å². The van der Waals surface area contributed by atoms with Crippen molar-refractivity contribution in [3.63, 3.8) is 0 Å². The van der Waals surface area contributed by atoms with E-state index in [1.165, 1.54) is 12.1 Å². The van der Waals surface area contributed by atoms with Gasteiger partial charge in [-0.05, 0) is 63.8 Å². The minimum absolute atomic E-state index is 0.0885. The molecule has 0 fully saturated rings. The predicted molar refractivity (Wildman–Crippen MR) is 110 cm³/mol. The highest BCUT2D eigenvalue weighted by molar-refractivity contribution is 5.99. The first-order chi connectivity index (χ1) is 13.9. The predicted octanol–water partition coefficient (Wildman–Crippen LogP) is 3.74. The molecule has 0 spiro atoms. The van der Waals surface area contributed by atoms with Gasteiger partial charge in [-0.2, -0.15) is 0 Å². The van der Waals surface area contributed by atoms with Crippen molar-refractivity contribution in [3.8, 4) is 0 Å². The third-order valence-electron chi connectivity index (χ3n) is 5.31. The van der Waals surface area contributed by atoms with Gasteiger partial charge >= 0.3 is 0 Å². The van der Waals surface area contributed by atoms with Crippen LogP contribution < -0.4 is 5.43 Å². The highest BCUT2D eigenvalue weighted by Crippen LogP contribution is 2.38. The molecule has 2 heterocycles. The number of amides is 1. The zero-order chi connectivity index (χ0) is 20.7. The van der Waals surface area contributed by atoms with E-state index in [9.17, 15) is 14.0 Å². The Kier molecular flexibility index (Phi) is 4.96. The summed E-state index contributed by atoms with van der Waals surface area (Å²) in [6.45, 7) is 3.18. The van der Waals surface area contributed by atoms with Gasteiger partial charge in [0.05, 0.1) is 17.0 Å². The molecule has 0 radical (unpaired) electrons. The summed E-state index contributed by atoms with van der Waals surface area (Å²) in [4.78, 5) is 30.3. The molecular formula is C23H23FN2O3. The fraction of sp³-hybridized carbons (Fsp3) is 0.304. The number of benzene rings is 2. The summed E-state index contributed by atoms with van der Waals surface area (Å²) in [5, 5.41) is 0.457. The van der Waals surface area contributed by atoms with Crippen LogP contribution in [0.15, 0.2) is 51.7 Å². The zero-order valence-electron chi connectivity index (χ0n) is 16.7. The second kappa shape index (κ2) is 7.44.